The number of methoxy groups -OCH3 is 1. The van der Waals surface area contributed by atoms with E-state index in [1.54, 1.807) is 18.2 Å². The number of amides is 1. The van der Waals surface area contributed by atoms with Crippen molar-refractivity contribution in [2.24, 2.45) is 0 Å². The molecule has 1 aliphatic rings. The first kappa shape index (κ1) is 26.2. The summed E-state index contributed by atoms with van der Waals surface area (Å²) in [7, 11) is 1.37. The number of anilines is 1. The lowest BCUT2D eigenvalue weighted by Gasteiger charge is -2.10. The Bertz CT molecular complexity index is 1260. The highest BCUT2D eigenvalue weighted by atomic mass is 35.5. The summed E-state index contributed by atoms with van der Waals surface area (Å²) in [4.78, 5) is 26.5. The van der Waals surface area contributed by atoms with E-state index in [2.05, 4.69) is 22.1 Å². The number of hydrogen-bond acceptors (Lipinski definition) is 8. The number of rotatable bonds is 10. The number of allylic oxidation sites excluding steroid dienone is 1. The standard InChI is InChI=1S/C25H27ClN4O4S2/c1-3-13-30-20(14-34-18-11-8-7-10-17(18)26)28-29-25(30)35-15-21(31)27-23-22(24(32)33-2)16-9-5-4-6-12-19(16)36-23/h3,7-8,10-11H,1,4-6,9,12-15H2,2H3,(H,27,31). The van der Waals surface area contributed by atoms with E-state index in [4.69, 9.17) is 21.1 Å². The monoisotopic (exact) mass is 546 g/mol. The van der Waals surface area contributed by atoms with E-state index in [0.29, 0.717) is 38.9 Å². The van der Waals surface area contributed by atoms with Crippen LogP contribution in [0, 0.1) is 0 Å². The first-order valence-electron chi connectivity index (χ1n) is 11.6. The summed E-state index contributed by atoms with van der Waals surface area (Å²) >= 11 is 8.90. The first-order chi connectivity index (χ1) is 17.5. The predicted octanol–water partition coefficient (Wildman–Crippen LogP) is 5.54. The van der Waals surface area contributed by atoms with Crippen molar-refractivity contribution in [2.45, 2.75) is 50.4 Å². The number of carbonyl (C=O) groups is 2. The Kier molecular flexibility index (Phi) is 9.06. The van der Waals surface area contributed by atoms with Gasteiger partial charge in [-0.2, -0.15) is 0 Å². The highest BCUT2D eigenvalue weighted by Crippen LogP contribution is 2.38. The molecule has 2 heterocycles. The Morgan fingerprint density at radius 2 is 2.06 bits per heavy atom. The summed E-state index contributed by atoms with van der Waals surface area (Å²) in [5, 5.41) is 13.0. The average molecular weight is 547 g/mol. The largest absolute Gasteiger partial charge is 0.484 e. The summed E-state index contributed by atoms with van der Waals surface area (Å²) < 4.78 is 12.7. The topological polar surface area (TPSA) is 95.3 Å². The van der Waals surface area contributed by atoms with Crippen LogP contribution in [-0.4, -0.2) is 39.5 Å². The SMILES string of the molecule is C=CCn1c(COc2ccccc2Cl)nnc1SCC(=O)Nc1sc2c(c1C(=O)OC)CCCCC2. The maximum Gasteiger partial charge on any atom is 0.341 e. The molecule has 1 aromatic carbocycles. The van der Waals surface area contributed by atoms with Crippen LogP contribution in [0.3, 0.4) is 0 Å². The van der Waals surface area contributed by atoms with Gasteiger partial charge in [0.2, 0.25) is 5.91 Å². The molecule has 8 nitrogen and oxygen atoms in total. The second-order valence-corrected chi connectivity index (χ2v) is 10.6. The molecule has 36 heavy (non-hydrogen) atoms. The van der Waals surface area contributed by atoms with Crippen LogP contribution in [0.1, 0.15) is 45.9 Å². The van der Waals surface area contributed by atoms with Crippen molar-refractivity contribution in [1.82, 2.24) is 14.8 Å². The van der Waals surface area contributed by atoms with Crippen LogP contribution in [0.4, 0.5) is 5.00 Å². The molecule has 4 rings (SSSR count). The van der Waals surface area contributed by atoms with Gasteiger partial charge in [-0.3, -0.25) is 9.36 Å². The van der Waals surface area contributed by atoms with Crippen LogP contribution in [-0.2, 0) is 35.5 Å². The molecule has 0 bridgehead atoms. The molecule has 0 saturated heterocycles. The second-order valence-electron chi connectivity index (χ2n) is 8.11. The minimum Gasteiger partial charge on any atom is -0.484 e. The number of aryl methyl sites for hydroxylation is 1. The molecule has 2 aromatic heterocycles. The number of para-hydroxylation sites is 1. The second kappa shape index (κ2) is 12.4. The average Bonchev–Trinajstić information content (AvgIpc) is 3.33. The van der Waals surface area contributed by atoms with Gasteiger partial charge in [0, 0.05) is 11.4 Å². The van der Waals surface area contributed by atoms with Crippen LogP contribution in [0.25, 0.3) is 0 Å². The van der Waals surface area contributed by atoms with Crippen molar-refractivity contribution in [3.63, 3.8) is 0 Å². The van der Waals surface area contributed by atoms with Gasteiger partial charge in [0.1, 0.15) is 17.4 Å². The number of benzene rings is 1. The van der Waals surface area contributed by atoms with Gasteiger partial charge >= 0.3 is 5.97 Å². The third-order valence-electron chi connectivity index (χ3n) is 5.69. The number of thioether (sulfide) groups is 1. The lowest BCUT2D eigenvalue weighted by atomic mass is 10.1. The minimum absolute atomic E-state index is 0.101. The lowest BCUT2D eigenvalue weighted by molar-refractivity contribution is -0.113. The highest BCUT2D eigenvalue weighted by Gasteiger charge is 2.26. The van der Waals surface area contributed by atoms with E-state index in [-0.39, 0.29) is 18.3 Å². The van der Waals surface area contributed by atoms with Gasteiger partial charge in [0.25, 0.3) is 0 Å². The molecule has 0 radical (unpaired) electrons. The molecule has 1 N–H and O–H groups in total. The number of nitrogens with zero attached hydrogens (tertiary/aromatic N) is 3. The van der Waals surface area contributed by atoms with Gasteiger partial charge in [-0.25, -0.2) is 4.79 Å². The normalized spacial score (nSPS) is 12.9. The number of carbonyl (C=O) groups excluding carboxylic acids is 2. The lowest BCUT2D eigenvalue weighted by Crippen LogP contribution is -2.17. The fourth-order valence-electron chi connectivity index (χ4n) is 3.99. The number of esters is 1. The third kappa shape index (κ3) is 6.11. The Morgan fingerprint density at radius 1 is 1.25 bits per heavy atom. The maximum absolute atomic E-state index is 12.9. The summed E-state index contributed by atoms with van der Waals surface area (Å²) in [6.07, 6.45) is 6.71. The summed E-state index contributed by atoms with van der Waals surface area (Å²) in [5.41, 5.74) is 1.51. The maximum atomic E-state index is 12.9. The number of nitrogens with one attached hydrogen (secondary N) is 1. The number of ether oxygens (including phenoxy) is 2. The fourth-order valence-corrected chi connectivity index (χ4v) is 6.24. The van der Waals surface area contributed by atoms with Gasteiger partial charge in [0.05, 0.1) is 23.4 Å². The van der Waals surface area contributed by atoms with Crippen LogP contribution in [0.5, 0.6) is 5.75 Å². The molecule has 190 valence electrons. The number of hydrogen-bond donors (Lipinski definition) is 1. The van der Waals surface area contributed by atoms with E-state index in [0.717, 1.165) is 42.5 Å². The van der Waals surface area contributed by atoms with Crippen LogP contribution < -0.4 is 10.1 Å². The Hall–Kier alpha value is -2.82. The quantitative estimate of drug-likeness (QED) is 0.154. The summed E-state index contributed by atoms with van der Waals surface area (Å²) in [6, 6.07) is 7.20. The third-order valence-corrected chi connectivity index (χ3v) is 8.18. The molecule has 0 atom stereocenters. The highest BCUT2D eigenvalue weighted by molar-refractivity contribution is 7.99. The number of thiophene rings is 1. The summed E-state index contributed by atoms with van der Waals surface area (Å²) in [5.74, 6) is 0.600. The Labute approximate surface area is 223 Å². The van der Waals surface area contributed by atoms with Crippen molar-refractivity contribution >= 4 is 51.6 Å². The molecule has 11 heteroatoms. The molecule has 0 aliphatic heterocycles. The molecule has 0 unspecified atom stereocenters. The molecule has 1 aliphatic carbocycles. The summed E-state index contributed by atoms with van der Waals surface area (Å²) in [6.45, 7) is 4.43. The van der Waals surface area contributed by atoms with Gasteiger partial charge in [-0.15, -0.1) is 28.1 Å². The molecular weight excluding hydrogens is 520 g/mol. The molecule has 0 saturated carbocycles. The molecule has 0 spiro atoms. The van der Waals surface area contributed by atoms with Gasteiger partial charge < -0.3 is 14.8 Å². The predicted molar refractivity (Wildman–Crippen MR) is 142 cm³/mol. The molecule has 1 amide bonds. The van der Waals surface area contributed by atoms with Crippen LogP contribution in [0.2, 0.25) is 5.02 Å². The number of fused-ring (bicyclic) bond motifs is 1. The van der Waals surface area contributed by atoms with E-state index in [1.807, 2.05) is 16.7 Å². The van der Waals surface area contributed by atoms with Crippen molar-refractivity contribution < 1.29 is 19.1 Å². The molecule has 3 aromatic rings. The zero-order valence-corrected chi connectivity index (χ0v) is 22.3. The fraction of sp³-hybridized carbons (Fsp3) is 0.360. The van der Waals surface area contributed by atoms with E-state index < -0.39 is 5.97 Å². The van der Waals surface area contributed by atoms with Crippen molar-refractivity contribution in [2.75, 3.05) is 18.2 Å². The smallest absolute Gasteiger partial charge is 0.341 e. The number of halogens is 1. The van der Waals surface area contributed by atoms with Crippen LogP contribution in [0.15, 0.2) is 42.1 Å². The zero-order chi connectivity index (χ0) is 25.5. The van der Waals surface area contributed by atoms with Gasteiger partial charge in [0.15, 0.2) is 11.0 Å². The van der Waals surface area contributed by atoms with Crippen molar-refractivity contribution in [3.05, 3.63) is 63.8 Å². The van der Waals surface area contributed by atoms with Crippen molar-refractivity contribution in [3.8, 4) is 5.75 Å². The van der Waals surface area contributed by atoms with Gasteiger partial charge in [-0.1, -0.05) is 48.0 Å². The molecule has 0 fully saturated rings. The molecular formula is C25H27ClN4O4S2. The Balaban J connectivity index is 1.43. The van der Waals surface area contributed by atoms with Gasteiger partial charge in [-0.05, 0) is 43.4 Å². The van der Waals surface area contributed by atoms with E-state index in [1.165, 1.54) is 30.2 Å². The minimum atomic E-state index is -0.411. The van der Waals surface area contributed by atoms with Crippen molar-refractivity contribution in [1.29, 1.82) is 0 Å². The Morgan fingerprint density at radius 3 is 2.83 bits per heavy atom. The van der Waals surface area contributed by atoms with E-state index >= 15 is 0 Å². The van der Waals surface area contributed by atoms with Crippen LogP contribution >= 0.6 is 34.7 Å². The zero-order valence-electron chi connectivity index (χ0n) is 19.9. The van der Waals surface area contributed by atoms with E-state index in [9.17, 15) is 9.59 Å². The first-order valence-corrected chi connectivity index (χ1v) is 13.8. The number of aromatic nitrogens is 3.